The largest absolute Gasteiger partial charge is 0.342 e. The molecule has 120 valence electrons. The highest BCUT2D eigenvalue weighted by molar-refractivity contribution is 6.31. The molecule has 0 bridgehead atoms. The van der Waals surface area contributed by atoms with Crippen LogP contribution in [0.25, 0.3) is 0 Å². The van der Waals surface area contributed by atoms with Crippen LogP contribution in [-0.4, -0.2) is 33.9 Å². The van der Waals surface area contributed by atoms with Gasteiger partial charge in [-0.05, 0) is 18.6 Å². The minimum absolute atomic E-state index is 0.0916. The Labute approximate surface area is 137 Å². The van der Waals surface area contributed by atoms with Crippen LogP contribution in [0.5, 0.6) is 0 Å². The quantitative estimate of drug-likeness (QED) is 0.909. The summed E-state index contributed by atoms with van der Waals surface area (Å²) >= 11 is 5.97. The first kappa shape index (κ1) is 15.7. The first-order valence-corrected chi connectivity index (χ1v) is 7.70. The molecule has 1 amide bonds. The number of aromatic nitrogens is 2. The number of amides is 1. The molecule has 7 heteroatoms. The van der Waals surface area contributed by atoms with Gasteiger partial charge in [-0.1, -0.05) is 17.7 Å². The Bertz CT molecular complexity index is 786. The Morgan fingerprint density at radius 2 is 2.13 bits per heavy atom. The Morgan fingerprint density at radius 3 is 2.91 bits per heavy atom. The number of carbonyl (C=O) groups excluding carboxylic acids is 1. The summed E-state index contributed by atoms with van der Waals surface area (Å²) in [5.74, 6) is -0.691. The second-order valence-electron chi connectivity index (χ2n) is 5.41. The van der Waals surface area contributed by atoms with Gasteiger partial charge in [0.1, 0.15) is 5.82 Å². The molecule has 0 radical (unpaired) electrons. The fraction of sp³-hybridized carbons (Fsp3) is 0.312. The third-order valence-electron chi connectivity index (χ3n) is 4.03. The summed E-state index contributed by atoms with van der Waals surface area (Å²) in [4.78, 5) is 32.6. The lowest BCUT2D eigenvalue weighted by atomic mass is 10.1. The fourth-order valence-electron chi connectivity index (χ4n) is 2.75. The maximum Gasteiger partial charge on any atom is 0.254 e. The zero-order valence-corrected chi connectivity index (χ0v) is 13.1. The summed E-state index contributed by atoms with van der Waals surface area (Å²) in [6.45, 7) is 0.862. The molecular weight excluding hydrogens is 321 g/mol. The van der Waals surface area contributed by atoms with Crippen LogP contribution in [0.4, 0.5) is 4.39 Å². The summed E-state index contributed by atoms with van der Waals surface area (Å²) in [5, 5.41) is 0.245. The van der Waals surface area contributed by atoms with E-state index in [1.165, 1.54) is 18.5 Å². The van der Waals surface area contributed by atoms with Crippen molar-refractivity contribution < 1.29 is 9.18 Å². The lowest BCUT2D eigenvalue weighted by molar-refractivity contribution is -0.130. The predicted molar refractivity (Wildman–Crippen MR) is 84.0 cm³/mol. The lowest BCUT2D eigenvalue weighted by Gasteiger charge is -2.20. The molecule has 1 aliphatic rings. The molecule has 5 nitrogen and oxygen atoms in total. The van der Waals surface area contributed by atoms with E-state index >= 15 is 0 Å². The van der Waals surface area contributed by atoms with Crippen LogP contribution < -0.4 is 5.56 Å². The lowest BCUT2D eigenvalue weighted by Crippen LogP contribution is -2.34. The van der Waals surface area contributed by atoms with Crippen molar-refractivity contribution in [3.05, 3.63) is 62.5 Å². The number of benzene rings is 1. The fourth-order valence-corrected chi connectivity index (χ4v) is 2.98. The Balaban J connectivity index is 1.75. The third kappa shape index (κ3) is 3.27. The molecule has 0 saturated heterocycles. The van der Waals surface area contributed by atoms with Crippen molar-refractivity contribution in [1.82, 2.24) is 14.9 Å². The van der Waals surface area contributed by atoms with E-state index < -0.39 is 5.82 Å². The number of fused-ring (bicyclic) bond motifs is 1. The van der Waals surface area contributed by atoms with Crippen LogP contribution >= 0.6 is 11.6 Å². The molecule has 0 atom stereocenters. The molecule has 1 aliphatic heterocycles. The van der Waals surface area contributed by atoms with Gasteiger partial charge in [0.15, 0.2) is 0 Å². The summed E-state index contributed by atoms with van der Waals surface area (Å²) in [5.41, 5.74) is 1.37. The van der Waals surface area contributed by atoms with Crippen molar-refractivity contribution in [2.75, 3.05) is 13.1 Å². The van der Waals surface area contributed by atoms with Crippen LogP contribution in [0.15, 0.2) is 29.3 Å². The molecule has 2 heterocycles. The predicted octanol–water partition coefficient (Wildman–Crippen LogP) is 1.73. The van der Waals surface area contributed by atoms with E-state index in [1.54, 1.807) is 11.0 Å². The normalized spacial score (nSPS) is 14.3. The molecule has 2 aromatic rings. The zero-order chi connectivity index (χ0) is 16.4. The SMILES string of the molecule is O=C(Cc1c(F)cccc1Cl)N1CCc2nc[nH]c(=O)c2CC1. The van der Waals surface area contributed by atoms with Crippen LogP contribution in [-0.2, 0) is 24.1 Å². The Morgan fingerprint density at radius 1 is 1.35 bits per heavy atom. The van der Waals surface area contributed by atoms with E-state index in [4.69, 9.17) is 11.6 Å². The number of hydrogen-bond acceptors (Lipinski definition) is 3. The van der Waals surface area contributed by atoms with Crippen molar-refractivity contribution >= 4 is 17.5 Å². The van der Waals surface area contributed by atoms with Gasteiger partial charge in [-0.15, -0.1) is 0 Å². The van der Waals surface area contributed by atoms with Crippen molar-refractivity contribution in [3.63, 3.8) is 0 Å². The molecule has 1 aromatic carbocycles. The second kappa shape index (κ2) is 6.50. The smallest absolute Gasteiger partial charge is 0.254 e. The molecule has 1 N–H and O–H groups in total. The van der Waals surface area contributed by atoms with E-state index in [2.05, 4.69) is 9.97 Å². The minimum atomic E-state index is -0.484. The Hall–Kier alpha value is -2.21. The molecule has 0 spiro atoms. The highest BCUT2D eigenvalue weighted by Crippen LogP contribution is 2.20. The highest BCUT2D eigenvalue weighted by Gasteiger charge is 2.22. The van der Waals surface area contributed by atoms with Gasteiger partial charge in [-0.25, -0.2) is 9.37 Å². The molecule has 1 aromatic heterocycles. The van der Waals surface area contributed by atoms with Gasteiger partial charge in [0.2, 0.25) is 5.91 Å². The summed E-state index contributed by atoms with van der Waals surface area (Å²) < 4.78 is 13.8. The second-order valence-corrected chi connectivity index (χ2v) is 5.82. The molecule has 0 aliphatic carbocycles. The number of rotatable bonds is 2. The van der Waals surface area contributed by atoms with Crippen molar-refractivity contribution in [2.45, 2.75) is 19.3 Å². The highest BCUT2D eigenvalue weighted by atomic mass is 35.5. The van der Waals surface area contributed by atoms with Crippen LogP contribution in [0.3, 0.4) is 0 Å². The number of H-pyrrole nitrogens is 1. The summed E-state index contributed by atoms with van der Waals surface area (Å²) in [7, 11) is 0. The molecular formula is C16H15ClFN3O2. The molecule has 3 rings (SSSR count). The average Bonchev–Trinajstić information content (AvgIpc) is 2.75. The van der Waals surface area contributed by atoms with Gasteiger partial charge in [0, 0.05) is 35.7 Å². The van der Waals surface area contributed by atoms with E-state index in [-0.39, 0.29) is 28.5 Å². The van der Waals surface area contributed by atoms with Gasteiger partial charge < -0.3 is 9.88 Å². The first-order valence-electron chi connectivity index (χ1n) is 7.32. The number of hydrogen-bond donors (Lipinski definition) is 1. The van der Waals surface area contributed by atoms with Crippen LogP contribution in [0.2, 0.25) is 5.02 Å². The molecule has 23 heavy (non-hydrogen) atoms. The van der Waals surface area contributed by atoms with E-state index in [0.29, 0.717) is 37.2 Å². The average molecular weight is 336 g/mol. The monoisotopic (exact) mass is 335 g/mol. The minimum Gasteiger partial charge on any atom is -0.342 e. The van der Waals surface area contributed by atoms with Crippen LogP contribution in [0, 0.1) is 5.82 Å². The van der Waals surface area contributed by atoms with E-state index in [0.717, 1.165) is 0 Å². The van der Waals surface area contributed by atoms with Crippen molar-refractivity contribution in [2.24, 2.45) is 0 Å². The zero-order valence-electron chi connectivity index (χ0n) is 12.3. The van der Waals surface area contributed by atoms with Crippen molar-refractivity contribution in [1.29, 1.82) is 0 Å². The molecule has 0 saturated carbocycles. The van der Waals surface area contributed by atoms with Gasteiger partial charge in [-0.2, -0.15) is 0 Å². The number of nitrogens with one attached hydrogen (secondary N) is 1. The standard InChI is InChI=1S/C16H15ClFN3O2/c17-12-2-1-3-13(18)11(12)8-15(22)21-6-4-10-14(5-7-21)19-9-20-16(10)23/h1-3,9H,4-8H2,(H,19,20,23). The van der Waals surface area contributed by atoms with Gasteiger partial charge >= 0.3 is 0 Å². The van der Waals surface area contributed by atoms with E-state index in [1.807, 2.05) is 0 Å². The van der Waals surface area contributed by atoms with Crippen molar-refractivity contribution in [3.8, 4) is 0 Å². The third-order valence-corrected chi connectivity index (χ3v) is 4.39. The topological polar surface area (TPSA) is 66.1 Å². The number of carbonyl (C=O) groups is 1. The van der Waals surface area contributed by atoms with Crippen LogP contribution in [0.1, 0.15) is 16.8 Å². The maximum atomic E-state index is 13.8. The van der Waals surface area contributed by atoms with E-state index in [9.17, 15) is 14.0 Å². The van der Waals surface area contributed by atoms with Gasteiger partial charge in [0.25, 0.3) is 5.56 Å². The molecule has 0 unspecified atom stereocenters. The first-order chi connectivity index (χ1) is 11.1. The number of aromatic amines is 1. The number of nitrogens with zero attached hydrogens (tertiary/aromatic N) is 2. The Kier molecular flexibility index (Phi) is 4.43. The molecule has 0 fully saturated rings. The maximum absolute atomic E-state index is 13.8. The summed E-state index contributed by atoms with van der Waals surface area (Å²) in [6.07, 6.45) is 2.23. The number of halogens is 2. The summed E-state index contributed by atoms with van der Waals surface area (Å²) in [6, 6.07) is 4.36. The van der Waals surface area contributed by atoms with Gasteiger partial charge in [-0.3, -0.25) is 9.59 Å². The van der Waals surface area contributed by atoms with Gasteiger partial charge in [0.05, 0.1) is 18.4 Å².